The molecule has 1 amide bonds. The van der Waals surface area contributed by atoms with Gasteiger partial charge in [-0.1, -0.05) is 11.6 Å². The molecule has 27 heavy (non-hydrogen) atoms. The third kappa shape index (κ3) is 4.19. The van der Waals surface area contributed by atoms with Gasteiger partial charge in [0.15, 0.2) is 5.69 Å². The Hall–Kier alpha value is -2.26. The summed E-state index contributed by atoms with van der Waals surface area (Å²) in [6, 6.07) is 4.99. The lowest BCUT2D eigenvalue weighted by molar-refractivity contribution is -0.141. The molecule has 2 aromatic rings. The van der Waals surface area contributed by atoms with E-state index in [1.807, 2.05) is 6.92 Å². The van der Waals surface area contributed by atoms with Crippen molar-refractivity contribution in [3.63, 3.8) is 0 Å². The zero-order valence-electron chi connectivity index (χ0n) is 14.7. The van der Waals surface area contributed by atoms with Gasteiger partial charge >= 0.3 is 6.18 Å². The SMILES string of the molecule is CC1COCCN1c1ccc(NC(=O)c2cn(C)nc2C(F)(F)F)cc1Cl. The summed E-state index contributed by atoms with van der Waals surface area (Å²) >= 11 is 6.34. The summed E-state index contributed by atoms with van der Waals surface area (Å²) in [6.45, 7) is 3.85. The Kier molecular flexibility index (Phi) is 5.34. The average molecular weight is 403 g/mol. The summed E-state index contributed by atoms with van der Waals surface area (Å²) in [6.07, 6.45) is -3.69. The van der Waals surface area contributed by atoms with Gasteiger partial charge in [-0.3, -0.25) is 9.48 Å². The van der Waals surface area contributed by atoms with E-state index in [1.165, 1.54) is 13.1 Å². The Labute approximate surface area is 158 Å². The third-order valence-corrected chi connectivity index (χ3v) is 4.53. The number of anilines is 2. The number of benzene rings is 1. The van der Waals surface area contributed by atoms with Crippen molar-refractivity contribution >= 4 is 28.9 Å². The van der Waals surface area contributed by atoms with Gasteiger partial charge < -0.3 is 15.0 Å². The molecule has 0 aliphatic carbocycles. The molecule has 1 fully saturated rings. The number of rotatable bonds is 3. The minimum Gasteiger partial charge on any atom is -0.377 e. The molecule has 1 atom stereocenters. The fourth-order valence-electron chi connectivity index (χ4n) is 2.97. The van der Waals surface area contributed by atoms with Gasteiger partial charge in [-0.15, -0.1) is 0 Å². The van der Waals surface area contributed by atoms with Gasteiger partial charge in [0.05, 0.1) is 29.5 Å². The number of nitrogens with zero attached hydrogens (tertiary/aromatic N) is 3. The van der Waals surface area contributed by atoms with Crippen molar-refractivity contribution in [1.29, 1.82) is 0 Å². The Morgan fingerprint density at radius 1 is 1.41 bits per heavy atom. The fourth-order valence-corrected chi connectivity index (χ4v) is 3.25. The number of carbonyl (C=O) groups excluding carboxylic acids is 1. The number of hydrogen-bond donors (Lipinski definition) is 1. The lowest BCUT2D eigenvalue weighted by Gasteiger charge is -2.35. The monoisotopic (exact) mass is 402 g/mol. The second-order valence-corrected chi connectivity index (χ2v) is 6.71. The Morgan fingerprint density at radius 3 is 2.78 bits per heavy atom. The second kappa shape index (κ2) is 7.40. The van der Waals surface area contributed by atoms with Gasteiger partial charge in [-0.05, 0) is 25.1 Å². The summed E-state index contributed by atoms with van der Waals surface area (Å²) in [4.78, 5) is 14.4. The summed E-state index contributed by atoms with van der Waals surface area (Å²) < 4.78 is 45.4. The van der Waals surface area contributed by atoms with E-state index in [0.29, 0.717) is 30.5 Å². The smallest absolute Gasteiger partial charge is 0.377 e. The molecule has 146 valence electrons. The maximum absolute atomic E-state index is 13.0. The maximum Gasteiger partial charge on any atom is 0.435 e. The molecule has 3 rings (SSSR count). The first-order valence-corrected chi connectivity index (χ1v) is 8.60. The third-order valence-electron chi connectivity index (χ3n) is 4.22. The Bertz CT molecular complexity index is 853. The number of morpholine rings is 1. The van der Waals surface area contributed by atoms with E-state index in [2.05, 4.69) is 15.3 Å². The van der Waals surface area contributed by atoms with E-state index < -0.39 is 23.3 Å². The number of aryl methyl sites for hydroxylation is 1. The van der Waals surface area contributed by atoms with Crippen LogP contribution in [0.25, 0.3) is 0 Å². The Balaban J connectivity index is 1.81. The lowest BCUT2D eigenvalue weighted by Crippen LogP contribution is -2.43. The first-order chi connectivity index (χ1) is 12.7. The number of halogens is 4. The van der Waals surface area contributed by atoms with Crippen molar-refractivity contribution in [2.75, 3.05) is 30.0 Å². The summed E-state index contributed by atoms with van der Waals surface area (Å²) in [5.41, 5.74) is -0.700. The number of alkyl halides is 3. The number of nitrogens with one attached hydrogen (secondary N) is 1. The zero-order chi connectivity index (χ0) is 19.8. The summed E-state index contributed by atoms with van der Waals surface area (Å²) in [5, 5.41) is 6.17. The first kappa shape index (κ1) is 19.5. The van der Waals surface area contributed by atoms with Crippen LogP contribution in [0.15, 0.2) is 24.4 Å². The van der Waals surface area contributed by atoms with Crippen LogP contribution in [-0.2, 0) is 18.0 Å². The van der Waals surface area contributed by atoms with E-state index in [9.17, 15) is 18.0 Å². The van der Waals surface area contributed by atoms with Gasteiger partial charge in [0.2, 0.25) is 0 Å². The van der Waals surface area contributed by atoms with E-state index in [-0.39, 0.29) is 6.04 Å². The highest BCUT2D eigenvalue weighted by Gasteiger charge is 2.39. The first-order valence-electron chi connectivity index (χ1n) is 8.23. The molecule has 0 saturated carbocycles. The van der Waals surface area contributed by atoms with Crippen molar-refractivity contribution in [2.45, 2.75) is 19.1 Å². The standard InChI is InChI=1S/C17H18ClF3N4O2/c1-10-9-27-6-5-25(10)14-4-3-11(7-13(14)18)22-16(26)12-8-24(2)23-15(12)17(19,20)21/h3-4,7-8,10H,5-6,9H2,1-2H3,(H,22,26). The van der Waals surface area contributed by atoms with Gasteiger partial charge in [0, 0.05) is 31.5 Å². The second-order valence-electron chi connectivity index (χ2n) is 6.30. The maximum atomic E-state index is 13.0. The van der Waals surface area contributed by atoms with Crippen LogP contribution in [0.1, 0.15) is 23.0 Å². The van der Waals surface area contributed by atoms with Crippen LogP contribution in [0.4, 0.5) is 24.5 Å². The summed E-state index contributed by atoms with van der Waals surface area (Å²) in [7, 11) is 1.32. The van der Waals surface area contributed by atoms with Gasteiger partial charge in [0.1, 0.15) is 0 Å². The molecular formula is C17H18ClF3N4O2. The minimum absolute atomic E-state index is 0.140. The van der Waals surface area contributed by atoms with E-state index >= 15 is 0 Å². The van der Waals surface area contributed by atoms with Crippen molar-refractivity contribution < 1.29 is 22.7 Å². The molecule has 1 aromatic heterocycles. The van der Waals surface area contributed by atoms with Gasteiger partial charge in [-0.25, -0.2) is 0 Å². The molecule has 1 aliphatic heterocycles. The van der Waals surface area contributed by atoms with Crippen molar-refractivity contribution in [1.82, 2.24) is 9.78 Å². The molecule has 1 saturated heterocycles. The summed E-state index contributed by atoms with van der Waals surface area (Å²) in [5.74, 6) is -0.904. The number of ether oxygens (including phenoxy) is 1. The molecule has 10 heteroatoms. The van der Waals surface area contributed by atoms with Crippen LogP contribution in [0.3, 0.4) is 0 Å². The van der Waals surface area contributed by atoms with Crippen LogP contribution < -0.4 is 10.2 Å². The predicted molar refractivity (Wildman–Crippen MR) is 95.2 cm³/mol. The molecular weight excluding hydrogens is 385 g/mol. The van der Waals surface area contributed by atoms with Crippen LogP contribution in [-0.4, -0.2) is 41.5 Å². The normalized spacial score (nSPS) is 17.9. The molecule has 1 unspecified atom stereocenters. The average Bonchev–Trinajstić information content (AvgIpc) is 2.98. The highest BCUT2D eigenvalue weighted by molar-refractivity contribution is 6.33. The fraction of sp³-hybridized carbons (Fsp3) is 0.412. The molecule has 1 N–H and O–H groups in total. The quantitative estimate of drug-likeness (QED) is 0.852. The largest absolute Gasteiger partial charge is 0.435 e. The van der Waals surface area contributed by atoms with Crippen LogP contribution in [0.5, 0.6) is 0 Å². The number of aromatic nitrogens is 2. The molecule has 1 aromatic carbocycles. The van der Waals surface area contributed by atoms with E-state index in [4.69, 9.17) is 16.3 Å². The molecule has 2 heterocycles. The van der Waals surface area contributed by atoms with Crippen LogP contribution >= 0.6 is 11.6 Å². The highest BCUT2D eigenvalue weighted by Crippen LogP contribution is 2.33. The van der Waals surface area contributed by atoms with Gasteiger partial charge in [-0.2, -0.15) is 18.3 Å². The van der Waals surface area contributed by atoms with Crippen molar-refractivity contribution in [2.24, 2.45) is 7.05 Å². The molecule has 0 bridgehead atoms. The van der Waals surface area contributed by atoms with E-state index in [0.717, 1.165) is 16.6 Å². The lowest BCUT2D eigenvalue weighted by atomic mass is 10.2. The van der Waals surface area contributed by atoms with Crippen molar-refractivity contribution in [3.8, 4) is 0 Å². The number of carbonyl (C=O) groups is 1. The topological polar surface area (TPSA) is 59.4 Å². The zero-order valence-corrected chi connectivity index (χ0v) is 15.4. The highest BCUT2D eigenvalue weighted by atomic mass is 35.5. The van der Waals surface area contributed by atoms with E-state index in [1.54, 1.807) is 12.1 Å². The minimum atomic E-state index is -4.72. The van der Waals surface area contributed by atoms with Crippen molar-refractivity contribution in [3.05, 3.63) is 40.7 Å². The molecule has 0 radical (unpaired) electrons. The van der Waals surface area contributed by atoms with Crippen LogP contribution in [0, 0.1) is 0 Å². The predicted octanol–water partition coefficient (Wildman–Crippen LogP) is 3.57. The molecule has 1 aliphatic rings. The molecule has 0 spiro atoms. The number of amides is 1. The number of hydrogen-bond acceptors (Lipinski definition) is 4. The molecule has 6 nitrogen and oxygen atoms in total. The Morgan fingerprint density at radius 2 is 2.15 bits per heavy atom. The van der Waals surface area contributed by atoms with Crippen LogP contribution in [0.2, 0.25) is 5.02 Å². The van der Waals surface area contributed by atoms with Gasteiger partial charge in [0.25, 0.3) is 5.91 Å².